The van der Waals surface area contributed by atoms with Crippen molar-refractivity contribution >= 4 is 23.5 Å². The second-order valence-electron chi connectivity index (χ2n) is 8.59. The summed E-state index contributed by atoms with van der Waals surface area (Å²) in [6, 6.07) is 13.4. The zero-order valence-corrected chi connectivity index (χ0v) is 20.0. The van der Waals surface area contributed by atoms with Gasteiger partial charge in [-0.25, -0.2) is 0 Å². The number of hydrogen-bond acceptors (Lipinski definition) is 5. The van der Waals surface area contributed by atoms with Gasteiger partial charge in [0.05, 0.1) is 13.2 Å². The van der Waals surface area contributed by atoms with Crippen molar-refractivity contribution in [2.45, 2.75) is 27.7 Å². The number of nitrogens with zero attached hydrogens (tertiary/aromatic N) is 2. The summed E-state index contributed by atoms with van der Waals surface area (Å²) < 4.78 is 11.6. The smallest absolute Gasteiger partial charge is 0.246 e. The van der Waals surface area contributed by atoms with E-state index in [1.807, 2.05) is 60.4 Å². The number of piperazine rings is 1. The molecule has 0 N–H and O–H groups in total. The summed E-state index contributed by atoms with van der Waals surface area (Å²) in [4.78, 5) is 28.3. The molecular weight excluding hydrogens is 416 g/mol. The van der Waals surface area contributed by atoms with Gasteiger partial charge in [0.25, 0.3) is 0 Å². The van der Waals surface area contributed by atoms with Gasteiger partial charge in [0.15, 0.2) is 17.3 Å². The molecule has 0 unspecified atom stereocenters. The maximum Gasteiger partial charge on any atom is 0.246 e. The lowest BCUT2D eigenvalue weighted by Gasteiger charge is -2.35. The minimum absolute atomic E-state index is 0.000304. The molecule has 0 aromatic heterocycles. The number of hydrogen-bond donors (Lipinski definition) is 0. The summed E-state index contributed by atoms with van der Waals surface area (Å²) in [5, 5.41) is 0. The average Bonchev–Trinajstić information content (AvgIpc) is 2.82. The van der Waals surface area contributed by atoms with Crippen LogP contribution < -0.4 is 14.4 Å². The summed E-state index contributed by atoms with van der Waals surface area (Å²) in [6.45, 7) is 11.7. The fourth-order valence-electron chi connectivity index (χ4n) is 3.64. The number of amides is 1. The zero-order valence-electron chi connectivity index (χ0n) is 20.0. The number of rotatable bonds is 9. The van der Waals surface area contributed by atoms with E-state index in [2.05, 4.69) is 18.7 Å². The Morgan fingerprint density at radius 3 is 2.27 bits per heavy atom. The van der Waals surface area contributed by atoms with Crippen molar-refractivity contribution in [1.82, 2.24) is 4.90 Å². The minimum atomic E-state index is -0.000304. The van der Waals surface area contributed by atoms with Gasteiger partial charge in [-0.1, -0.05) is 19.9 Å². The molecule has 1 heterocycles. The molecule has 2 aromatic rings. The first-order chi connectivity index (χ1) is 15.9. The largest absolute Gasteiger partial charge is 0.490 e. The van der Waals surface area contributed by atoms with Crippen LogP contribution in [0.5, 0.6) is 11.5 Å². The van der Waals surface area contributed by atoms with Crippen LogP contribution in [-0.2, 0) is 4.79 Å². The van der Waals surface area contributed by atoms with Crippen LogP contribution in [-0.4, -0.2) is 56.0 Å². The molecule has 1 saturated heterocycles. The van der Waals surface area contributed by atoms with E-state index in [0.29, 0.717) is 43.5 Å². The van der Waals surface area contributed by atoms with Crippen LogP contribution in [0.4, 0.5) is 5.69 Å². The molecule has 176 valence electrons. The highest BCUT2D eigenvalue weighted by Gasteiger charge is 2.20. The highest BCUT2D eigenvalue weighted by Crippen LogP contribution is 2.29. The molecule has 1 aliphatic rings. The Morgan fingerprint density at radius 2 is 1.67 bits per heavy atom. The number of ether oxygens (including phenoxy) is 2. The fourth-order valence-corrected chi connectivity index (χ4v) is 3.64. The summed E-state index contributed by atoms with van der Waals surface area (Å²) in [6.07, 6.45) is 3.45. The van der Waals surface area contributed by atoms with E-state index in [1.54, 1.807) is 13.0 Å². The molecule has 3 rings (SSSR count). The fraction of sp³-hybridized carbons (Fsp3) is 0.407. The topological polar surface area (TPSA) is 59.1 Å². The van der Waals surface area contributed by atoms with Crippen molar-refractivity contribution in [3.8, 4) is 11.5 Å². The van der Waals surface area contributed by atoms with Crippen molar-refractivity contribution in [3.63, 3.8) is 0 Å². The van der Waals surface area contributed by atoms with Crippen molar-refractivity contribution in [2.75, 3.05) is 44.3 Å². The Kier molecular flexibility index (Phi) is 8.52. The van der Waals surface area contributed by atoms with Gasteiger partial charge in [-0.05, 0) is 67.8 Å². The van der Waals surface area contributed by atoms with Crippen LogP contribution in [0.3, 0.4) is 0 Å². The van der Waals surface area contributed by atoms with E-state index < -0.39 is 0 Å². The predicted molar refractivity (Wildman–Crippen MR) is 132 cm³/mol. The third kappa shape index (κ3) is 6.85. The number of carbonyl (C=O) groups excluding carboxylic acids is 2. The minimum Gasteiger partial charge on any atom is -0.490 e. The van der Waals surface area contributed by atoms with Crippen LogP contribution in [0.1, 0.15) is 43.6 Å². The lowest BCUT2D eigenvalue weighted by molar-refractivity contribution is -0.126. The zero-order chi connectivity index (χ0) is 23.8. The lowest BCUT2D eigenvalue weighted by atomic mass is 10.1. The van der Waals surface area contributed by atoms with E-state index in [4.69, 9.17) is 9.47 Å². The molecule has 1 aliphatic heterocycles. The van der Waals surface area contributed by atoms with E-state index >= 15 is 0 Å². The SMILES string of the molecule is CCOc1cc(/C=C/C(=O)N2CCN(c3ccc(C(C)=O)cc3)CC2)ccc1OCC(C)C. The first-order valence-electron chi connectivity index (χ1n) is 11.6. The Hall–Kier alpha value is -3.28. The van der Waals surface area contributed by atoms with Gasteiger partial charge in [0.2, 0.25) is 5.91 Å². The van der Waals surface area contributed by atoms with Crippen LogP contribution in [0.25, 0.3) is 6.08 Å². The molecule has 0 radical (unpaired) electrons. The lowest BCUT2D eigenvalue weighted by Crippen LogP contribution is -2.48. The number of Topliss-reactive ketones (excluding diaryl/α,β-unsaturated/α-hetero) is 1. The first kappa shape index (κ1) is 24.4. The van der Waals surface area contributed by atoms with Crippen LogP contribution >= 0.6 is 0 Å². The summed E-state index contributed by atoms with van der Waals surface area (Å²) in [5.74, 6) is 1.91. The van der Waals surface area contributed by atoms with Gasteiger partial charge >= 0.3 is 0 Å². The monoisotopic (exact) mass is 450 g/mol. The summed E-state index contributed by atoms with van der Waals surface area (Å²) >= 11 is 0. The third-order valence-corrected chi connectivity index (χ3v) is 5.49. The van der Waals surface area contributed by atoms with Gasteiger partial charge in [-0.2, -0.15) is 0 Å². The maximum atomic E-state index is 12.7. The molecule has 0 atom stereocenters. The van der Waals surface area contributed by atoms with E-state index in [-0.39, 0.29) is 11.7 Å². The first-order valence-corrected chi connectivity index (χ1v) is 11.6. The highest BCUT2D eigenvalue weighted by molar-refractivity contribution is 5.94. The van der Waals surface area contributed by atoms with Gasteiger partial charge in [-0.3, -0.25) is 9.59 Å². The molecule has 2 aromatic carbocycles. The molecule has 1 fully saturated rings. The maximum absolute atomic E-state index is 12.7. The quantitative estimate of drug-likeness (QED) is 0.410. The second-order valence-corrected chi connectivity index (χ2v) is 8.59. The van der Waals surface area contributed by atoms with E-state index in [1.165, 1.54) is 0 Å². The van der Waals surface area contributed by atoms with E-state index in [9.17, 15) is 9.59 Å². The Balaban J connectivity index is 1.57. The van der Waals surface area contributed by atoms with Crippen LogP contribution in [0.2, 0.25) is 0 Å². The van der Waals surface area contributed by atoms with Crippen molar-refractivity contribution < 1.29 is 19.1 Å². The Labute approximate surface area is 196 Å². The summed E-state index contributed by atoms with van der Waals surface area (Å²) in [7, 11) is 0. The number of ketones is 1. The van der Waals surface area contributed by atoms with Gasteiger partial charge in [0, 0.05) is 43.5 Å². The van der Waals surface area contributed by atoms with E-state index in [0.717, 1.165) is 30.1 Å². The average molecular weight is 451 g/mol. The molecule has 0 saturated carbocycles. The molecule has 6 heteroatoms. The molecule has 1 amide bonds. The molecule has 33 heavy (non-hydrogen) atoms. The standard InChI is InChI=1S/C27H34N2O4/c1-5-32-26-18-22(6-12-25(26)33-19-20(2)3)7-13-27(31)29-16-14-28(15-17-29)24-10-8-23(9-11-24)21(4)30/h6-13,18,20H,5,14-17,19H2,1-4H3/b13-7+. The third-order valence-electron chi connectivity index (χ3n) is 5.49. The second kappa shape index (κ2) is 11.5. The molecule has 0 spiro atoms. The molecular formula is C27H34N2O4. The molecule has 0 bridgehead atoms. The molecule has 0 aliphatic carbocycles. The van der Waals surface area contributed by atoms with Crippen LogP contribution in [0.15, 0.2) is 48.5 Å². The van der Waals surface area contributed by atoms with Gasteiger partial charge < -0.3 is 19.3 Å². The van der Waals surface area contributed by atoms with Crippen LogP contribution in [0, 0.1) is 5.92 Å². The normalized spacial score (nSPS) is 14.1. The predicted octanol–water partition coefficient (Wildman–Crippen LogP) is 4.68. The van der Waals surface area contributed by atoms with Gasteiger partial charge in [0.1, 0.15) is 0 Å². The van der Waals surface area contributed by atoms with Crippen molar-refractivity contribution in [1.29, 1.82) is 0 Å². The number of anilines is 1. The molecule has 6 nitrogen and oxygen atoms in total. The Morgan fingerprint density at radius 1 is 0.970 bits per heavy atom. The summed E-state index contributed by atoms with van der Waals surface area (Å²) in [5.41, 5.74) is 2.68. The number of carbonyl (C=O) groups is 2. The van der Waals surface area contributed by atoms with Gasteiger partial charge in [-0.15, -0.1) is 0 Å². The van der Waals surface area contributed by atoms with Crippen molar-refractivity contribution in [2.24, 2.45) is 5.92 Å². The highest BCUT2D eigenvalue weighted by atomic mass is 16.5. The number of benzene rings is 2. The Bertz CT molecular complexity index is 974. The van der Waals surface area contributed by atoms with Crippen molar-refractivity contribution in [3.05, 3.63) is 59.7 Å².